The summed E-state index contributed by atoms with van der Waals surface area (Å²) in [6, 6.07) is 4.46. The minimum atomic E-state index is 0.433. The van der Waals surface area contributed by atoms with Gasteiger partial charge in [-0.25, -0.2) is 0 Å². The van der Waals surface area contributed by atoms with Crippen molar-refractivity contribution in [1.82, 2.24) is 0 Å². The molecule has 0 saturated carbocycles. The molecule has 0 aliphatic rings. The number of hydrogen-bond donors (Lipinski definition) is 0. The zero-order valence-corrected chi connectivity index (χ0v) is 10.9. The van der Waals surface area contributed by atoms with Crippen LogP contribution in [0, 0.1) is 20.8 Å². The van der Waals surface area contributed by atoms with E-state index in [0.29, 0.717) is 4.83 Å². The quantitative estimate of drug-likeness (QED) is 0.685. The molecular formula is C13H17Br. The number of hydrogen-bond acceptors (Lipinski definition) is 0. The van der Waals surface area contributed by atoms with Crippen LogP contribution in [-0.4, -0.2) is 4.83 Å². The first-order valence-corrected chi connectivity index (χ1v) is 5.82. The molecule has 0 radical (unpaired) electrons. The van der Waals surface area contributed by atoms with Gasteiger partial charge in [-0.05, 0) is 44.4 Å². The molecule has 0 fully saturated rings. The molecule has 0 amide bonds. The lowest BCUT2D eigenvalue weighted by atomic mass is 9.99. The molecule has 1 aromatic rings. The minimum Gasteiger partial charge on any atom is -0.0848 e. The van der Waals surface area contributed by atoms with Gasteiger partial charge >= 0.3 is 0 Å². The predicted molar refractivity (Wildman–Crippen MR) is 68.1 cm³/mol. The molecule has 0 aliphatic heterocycles. The Morgan fingerprint density at radius 2 is 1.64 bits per heavy atom. The van der Waals surface area contributed by atoms with Crippen LogP contribution in [0.3, 0.4) is 0 Å². The summed E-state index contributed by atoms with van der Waals surface area (Å²) in [7, 11) is 0. The molecule has 1 unspecified atom stereocenters. The number of rotatable bonds is 2. The van der Waals surface area contributed by atoms with Gasteiger partial charge in [0.25, 0.3) is 0 Å². The molecule has 0 saturated heterocycles. The molecule has 0 spiro atoms. The van der Waals surface area contributed by atoms with E-state index in [-0.39, 0.29) is 0 Å². The predicted octanol–water partition coefficient (Wildman–Crippen LogP) is 4.41. The largest absolute Gasteiger partial charge is 0.0848 e. The van der Waals surface area contributed by atoms with Crippen molar-refractivity contribution in [1.29, 1.82) is 0 Å². The topological polar surface area (TPSA) is 0 Å². The lowest BCUT2D eigenvalue weighted by molar-refractivity contribution is 1.27. The summed E-state index contributed by atoms with van der Waals surface area (Å²) in [5.74, 6) is 0. The molecule has 14 heavy (non-hydrogen) atoms. The third-order valence-electron chi connectivity index (χ3n) is 2.27. The Morgan fingerprint density at radius 1 is 1.14 bits per heavy atom. The summed E-state index contributed by atoms with van der Waals surface area (Å²) >= 11 is 3.51. The van der Waals surface area contributed by atoms with Gasteiger partial charge in [0.2, 0.25) is 0 Å². The Bertz CT molecular complexity index is 325. The van der Waals surface area contributed by atoms with Crippen LogP contribution in [0.4, 0.5) is 0 Å². The van der Waals surface area contributed by atoms with E-state index in [1.165, 1.54) is 22.3 Å². The zero-order valence-electron chi connectivity index (χ0n) is 9.26. The third-order valence-corrected chi connectivity index (χ3v) is 2.57. The minimum absolute atomic E-state index is 0.433. The molecule has 0 aromatic heterocycles. The second-order valence-electron chi connectivity index (χ2n) is 3.85. The second-order valence-corrected chi connectivity index (χ2v) is 5.29. The third kappa shape index (κ3) is 2.98. The van der Waals surface area contributed by atoms with E-state index in [0.717, 1.165) is 0 Å². The van der Waals surface area contributed by atoms with Gasteiger partial charge in [0.05, 0.1) is 0 Å². The first-order chi connectivity index (χ1) is 6.50. The molecule has 0 aliphatic carbocycles. The van der Waals surface area contributed by atoms with E-state index in [4.69, 9.17) is 0 Å². The number of alkyl halides is 1. The van der Waals surface area contributed by atoms with Crippen molar-refractivity contribution >= 4 is 22.0 Å². The van der Waals surface area contributed by atoms with Crippen LogP contribution < -0.4 is 0 Å². The summed E-state index contributed by atoms with van der Waals surface area (Å²) < 4.78 is 0. The lowest BCUT2D eigenvalue weighted by Gasteiger charge is -2.07. The van der Waals surface area contributed by atoms with Crippen molar-refractivity contribution in [2.24, 2.45) is 0 Å². The average Bonchev–Trinajstić information content (AvgIpc) is 2.01. The van der Waals surface area contributed by atoms with Gasteiger partial charge in [0, 0.05) is 4.83 Å². The van der Waals surface area contributed by atoms with Gasteiger partial charge < -0.3 is 0 Å². The first kappa shape index (κ1) is 11.5. The Hall–Kier alpha value is -0.560. The maximum Gasteiger partial charge on any atom is 0.0300 e. The molecule has 0 nitrogen and oxygen atoms in total. The van der Waals surface area contributed by atoms with E-state index in [2.05, 4.69) is 67.9 Å². The monoisotopic (exact) mass is 252 g/mol. The van der Waals surface area contributed by atoms with Crippen LogP contribution in [-0.2, 0) is 0 Å². The van der Waals surface area contributed by atoms with Crippen LogP contribution in [0.5, 0.6) is 0 Å². The number of benzene rings is 1. The normalized spacial score (nSPS) is 13.5. The van der Waals surface area contributed by atoms with E-state index in [1.807, 2.05) is 0 Å². The number of allylic oxidation sites excluding steroid dienone is 1. The van der Waals surface area contributed by atoms with Gasteiger partial charge in [0.15, 0.2) is 0 Å². The van der Waals surface area contributed by atoms with Crippen LogP contribution >= 0.6 is 15.9 Å². The van der Waals surface area contributed by atoms with E-state index < -0.39 is 0 Å². The van der Waals surface area contributed by atoms with Gasteiger partial charge in [-0.2, -0.15) is 0 Å². The Morgan fingerprint density at radius 3 is 2.07 bits per heavy atom. The van der Waals surface area contributed by atoms with E-state index in [9.17, 15) is 0 Å². The first-order valence-electron chi connectivity index (χ1n) is 4.91. The smallest absolute Gasteiger partial charge is 0.0300 e. The van der Waals surface area contributed by atoms with E-state index >= 15 is 0 Å². The lowest BCUT2D eigenvalue weighted by Crippen LogP contribution is -1.89. The standard InChI is InChI=1S/C13H17Br/c1-9-7-10(2)13(11(3)8-9)6-5-12(4)14/h5-8,12H,1-4H3/b6-5+. The molecule has 0 N–H and O–H groups in total. The van der Waals surface area contributed by atoms with Crippen molar-refractivity contribution in [3.8, 4) is 0 Å². The van der Waals surface area contributed by atoms with E-state index in [1.54, 1.807) is 0 Å². The highest BCUT2D eigenvalue weighted by atomic mass is 79.9. The van der Waals surface area contributed by atoms with Crippen molar-refractivity contribution in [3.63, 3.8) is 0 Å². The SMILES string of the molecule is Cc1cc(C)c(/C=C/C(C)Br)c(C)c1. The van der Waals surface area contributed by atoms with Crippen molar-refractivity contribution in [3.05, 3.63) is 40.5 Å². The fourth-order valence-corrected chi connectivity index (χ4v) is 1.84. The molecule has 0 heterocycles. The Balaban J connectivity index is 3.09. The average molecular weight is 253 g/mol. The van der Waals surface area contributed by atoms with Crippen LogP contribution in [0.25, 0.3) is 6.08 Å². The van der Waals surface area contributed by atoms with Gasteiger partial charge in [-0.15, -0.1) is 0 Å². The van der Waals surface area contributed by atoms with Gasteiger partial charge in [-0.3, -0.25) is 0 Å². The van der Waals surface area contributed by atoms with Crippen LogP contribution in [0.1, 0.15) is 29.2 Å². The molecule has 1 atom stereocenters. The number of aryl methyl sites for hydroxylation is 3. The summed E-state index contributed by atoms with van der Waals surface area (Å²) in [6.07, 6.45) is 4.37. The summed E-state index contributed by atoms with van der Waals surface area (Å²) in [5, 5.41) is 0. The van der Waals surface area contributed by atoms with Crippen LogP contribution in [0.15, 0.2) is 18.2 Å². The second kappa shape index (κ2) is 4.79. The summed E-state index contributed by atoms with van der Waals surface area (Å²) in [5.41, 5.74) is 5.39. The Labute approximate surface area is 95.2 Å². The van der Waals surface area contributed by atoms with Gasteiger partial charge in [0.1, 0.15) is 0 Å². The zero-order chi connectivity index (χ0) is 10.7. The molecule has 1 heteroatoms. The maximum absolute atomic E-state index is 3.51. The van der Waals surface area contributed by atoms with Crippen LogP contribution in [0.2, 0.25) is 0 Å². The molecular weight excluding hydrogens is 236 g/mol. The summed E-state index contributed by atoms with van der Waals surface area (Å²) in [4.78, 5) is 0.433. The fourth-order valence-electron chi connectivity index (χ4n) is 1.68. The molecule has 76 valence electrons. The summed E-state index contributed by atoms with van der Waals surface area (Å²) in [6.45, 7) is 8.59. The van der Waals surface area contributed by atoms with Crippen molar-refractivity contribution in [2.75, 3.05) is 0 Å². The molecule has 1 aromatic carbocycles. The highest BCUT2D eigenvalue weighted by Gasteiger charge is 2.00. The highest BCUT2D eigenvalue weighted by Crippen LogP contribution is 2.18. The highest BCUT2D eigenvalue weighted by molar-refractivity contribution is 9.09. The Kier molecular flexibility index (Phi) is 3.94. The molecule has 0 bridgehead atoms. The van der Waals surface area contributed by atoms with Crippen molar-refractivity contribution < 1.29 is 0 Å². The molecule has 1 rings (SSSR count). The van der Waals surface area contributed by atoms with Crippen molar-refractivity contribution in [2.45, 2.75) is 32.5 Å². The number of halogens is 1. The fraction of sp³-hybridized carbons (Fsp3) is 0.385. The van der Waals surface area contributed by atoms with Gasteiger partial charge in [-0.1, -0.05) is 45.8 Å². The maximum atomic E-state index is 3.51.